The van der Waals surface area contributed by atoms with Crippen LogP contribution < -0.4 is 5.32 Å². The van der Waals surface area contributed by atoms with Gasteiger partial charge in [-0.2, -0.15) is 4.31 Å². The van der Waals surface area contributed by atoms with Gasteiger partial charge in [-0.25, -0.2) is 12.8 Å². The second kappa shape index (κ2) is 8.20. The molecule has 1 fully saturated rings. The van der Waals surface area contributed by atoms with E-state index < -0.39 is 10.0 Å². The van der Waals surface area contributed by atoms with Crippen LogP contribution in [0.15, 0.2) is 51.8 Å². The molecule has 30 heavy (non-hydrogen) atoms. The molecule has 3 aromatic rings. The highest BCUT2D eigenvalue weighted by Crippen LogP contribution is 2.27. The number of carbonyl (C=O) groups is 1. The van der Waals surface area contributed by atoms with Crippen LogP contribution >= 0.6 is 0 Å². The number of anilines is 1. The fraction of sp³-hybridized carbons (Fsp3) is 0.318. The van der Waals surface area contributed by atoms with E-state index in [1.165, 1.54) is 22.5 Å². The molecule has 158 valence electrons. The highest BCUT2D eigenvalue weighted by Gasteiger charge is 2.25. The predicted octanol–water partition coefficient (Wildman–Crippen LogP) is 4.35. The number of halogens is 1. The number of nitrogens with zero attached hydrogens (tertiary/aromatic N) is 1. The summed E-state index contributed by atoms with van der Waals surface area (Å²) in [6.45, 7) is 2.80. The zero-order valence-corrected chi connectivity index (χ0v) is 17.5. The highest BCUT2D eigenvalue weighted by molar-refractivity contribution is 7.89. The molecular formula is C22H23FN2O4S. The lowest BCUT2D eigenvalue weighted by atomic mass is 10.1. The van der Waals surface area contributed by atoms with Crippen LogP contribution in [0.4, 0.5) is 10.1 Å². The van der Waals surface area contributed by atoms with Crippen LogP contribution in [0.1, 0.15) is 35.4 Å². The van der Waals surface area contributed by atoms with E-state index in [0.717, 1.165) is 19.3 Å². The Morgan fingerprint density at radius 2 is 1.80 bits per heavy atom. The zero-order chi connectivity index (χ0) is 21.3. The van der Waals surface area contributed by atoms with E-state index >= 15 is 0 Å². The smallest absolute Gasteiger partial charge is 0.243 e. The largest absolute Gasteiger partial charge is 0.453 e. The molecule has 2 aromatic carbocycles. The molecule has 1 N–H and O–H groups in total. The third-order valence-electron chi connectivity index (χ3n) is 5.41. The molecule has 0 atom stereocenters. The van der Waals surface area contributed by atoms with Crippen molar-refractivity contribution >= 4 is 32.5 Å². The van der Waals surface area contributed by atoms with E-state index in [4.69, 9.17) is 4.42 Å². The highest BCUT2D eigenvalue weighted by atomic mass is 32.2. The molecule has 1 aromatic heterocycles. The Morgan fingerprint density at radius 1 is 1.10 bits per heavy atom. The number of ketones is 1. The van der Waals surface area contributed by atoms with E-state index in [-0.39, 0.29) is 28.8 Å². The first-order valence-corrected chi connectivity index (χ1v) is 11.4. The molecule has 8 heteroatoms. The summed E-state index contributed by atoms with van der Waals surface area (Å²) in [5, 5.41) is 3.57. The fourth-order valence-corrected chi connectivity index (χ4v) is 5.24. The van der Waals surface area contributed by atoms with E-state index in [0.29, 0.717) is 35.3 Å². The topological polar surface area (TPSA) is 79.6 Å². The van der Waals surface area contributed by atoms with Gasteiger partial charge in [-0.3, -0.25) is 4.79 Å². The van der Waals surface area contributed by atoms with Crippen molar-refractivity contribution in [3.63, 3.8) is 0 Å². The quantitative estimate of drug-likeness (QED) is 0.588. The summed E-state index contributed by atoms with van der Waals surface area (Å²) in [6, 6.07) is 10.5. The number of nitrogens with one attached hydrogen (secondary N) is 1. The monoisotopic (exact) mass is 430 g/mol. The molecular weight excluding hydrogens is 407 g/mol. The molecule has 0 aliphatic carbocycles. The van der Waals surface area contributed by atoms with Crippen LogP contribution in [0.25, 0.3) is 11.0 Å². The Morgan fingerprint density at radius 3 is 2.50 bits per heavy atom. The molecule has 6 nitrogen and oxygen atoms in total. The van der Waals surface area contributed by atoms with Crippen molar-refractivity contribution in [2.24, 2.45) is 0 Å². The number of carbonyl (C=O) groups excluding carboxylic acids is 1. The van der Waals surface area contributed by atoms with Gasteiger partial charge in [0.15, 0.2) is 5.76 Å². The Bertz CT molecular complexity index is 1180. The normalized spacial score (nSPS) is 15.4. The summed E-state index contributed by atoms with van der Waals surface area (Å²) in [5.41, 5.74) is 1.68. The van der Waals surface area contributed by atoms with Gasteiger partial charge in [0.05, 0.1) is 11.4 Å². The van der Waals surface area contributed by atoms with Crippen LogP contribution in [-0.2, 0) is 10.0 Å². The van der Waals surface area contributed by atoms with Crippen molar-refractivity contribution in [2.45, 2.75) is 31.1 Å². The molecule has 2 heterocycles. The van der Waals surface area contributed by atoms with Crippen LogP contribution in [0.5, 0.6) is 0 Å². The third kappa shape index (κ3) is 3.97. The van der Waals surface area contributed by atoms with Crippen molar-refractivity contribution in [1.29, 1.82) is 0 Å². The van der Waals surface area contributed by atoms with Gasteiger partial charge < -0.3 is 9.73 Å². The average Bonchev–Trinajstić information content (AvgIpc) is 3.09. The molecule has 0 unspecified atom stereocenters. The van der Waals surface area contributed by atoms with E-state index in [1.54, 1.807) is 31.2 Å². The van der Waals surface area contributed by atoms with E-state index in [9.17, 15) is 17.6 Å². The number of hydrogen-bond acceptors (Lipinski definition) is 5. The van der Waals surface area contributed by atoms with Crippen LogP contribution in [0.3, 0.4) is 0 Å². The van der Waals surface area contributed by atoms with Gasteiger partial charge in [-0.1, -0.05) is 6.42 Å². The van der Waals surface area contributed by atoms with Gasteiger partial charge in [0.25, 0.3) is 0 Å². The standard InChI is InChI=1S/C22H23FN2O4S/c1-15-19-13-16(23)5-10-21(19)29-22(15)20(26)14-24-17-6-8-18(9-7-17)30(27,28)25-11-3-2-4-12-25/h5-10,13,24H,2-4,11-12,14H2,1H3. The molecule has 1 aliphatic heterocycles. The van der Waals surface area contributed by atoms with E-state index in [1.807, 2.05) is 0 Å². The van der Waals surface area contributed by atoms with Gasteiger partial charge in [-0.05, 0) is 62.2 Å². The van der Waals surface area contributed by atoms with E-state index in [2.05, 4.69) is 5.32 Å². The summed E-state index contributed by atoms with van der Waals surface area (Å²) in [5.74, 6) is -0.468. The van der Waals surface area contributed by atoms with Crippen molar-refractivity contribution in [3.05, 3.63) is 59.6 Å². The lowest BCUT2D eigenvalue weighted by Crippen LogP contribution is -2.35. The zero-order valence-electron chi connectivity index (χ0n) is 16.7. The number of Topliss-reactive ketones (excluding diaryl/α,β-unsaturated/α-hetero) is 1. The second-order valence-corrected chi connectivity index (χ2v) is 9.40. The number of piperidine rings is 1. The number of benzene rings is 2. The van der Waals surface area contributed by atoms with Crippen molar-refractivity contribution in [2.75, 3.05) is 25.0 Å². The lowest BCUT2D eigenvalue weighted by molar-refractivity contribution is 0.0981. The first kappa shape index (κ1) is 20.6. The number of furan rings is 1. The van der Waals surface area contributed by atoms with Crippen molar-refractivity contribution < 1.29 is 22.0 Å². The van der Waals surface area contributed by atoms with Crippen molar-refractivity contribution in [3.8, 4) is 0 Å². The van der Waals surface area contributed by atoms with Gasteiger partial charge >= 0.3 is 0 Å². The van der Waals surface area contributed by atoms with Crippen LogP contribution in [0, 0.1) is 12.7 Å². The summed E-state index contributed by atoms with van der Waals surface area (Å²) in [7, 11) is -3.48. The number of hydrogen-bond donors (Lipinski definition) is 1. The van der Waals surface area contributed by atoms with Crippen LogP contribution in [-0.4, -0.2) is 38.1 Å². The fourth-order valence-electron chi connectivity index (χ4n) is 3.72. The van der Waals surface area contributed by atoms with Crippen LogP contribution in [0.2, 0.25) is 0 Å². The summed E-state index contributed by atoms with van der Waals surface area (Å²) in [6.07, 6.45) is 2.83. The minimum absolute atomic E-state index is 0.0264. The second-order valence-electron chi connectivity index (χ2n) is 7.46. The van der Waals surface area contributed by atoms with Gasteiger partial charge in [0.1, 0.15) is 11.4 Å². The maximum atomic E-state index is 13.4. The molecule has 0 spiro atoms. The third-order valence-corrected chi connectivity index (χ3v) is 7.32. The minimum atomic E-state index is -3.48. The predicted molar refractivity (Wildman–Crippen MR) is 113 cm³/mol. The minimum Gasteiger partial charge on any atom is -0.453 e. The molecule has 1 saturated heterocycles. The molecule has 1 aliphatic rings. The van der Waals surface area contributed by atoms with Gasteiger partial charge in [-0.15, -0.1) is 0 Å². The van der Waals surface area contributed by atoms with Gasteiger partial charge in [0, 0.05) is 29.7 Å². The molecule has 0 bridgehead atoms. The molecule has 0 amide bonds. The summed E-state index contributed by atoms with van der Waals surface area (Å²) < 4.78 is 46.0. The Labute approximate surface area is 174 Å². The Hall–Kier alpha value is -2.71. The SMILES string of the molecule is Cc1c(C(=O)CNc2ccc(S(=O)(=O)N3CCCCC3)cc2)oc2ccc(F)cc12. The number of sulfonamides is 1. The number of rotatable bonds is 6. The molecule has 4 rings (SSSR count). The first-order valence-electron chi connectivity index (χ1n) is 9.92. The van der Waals surface area contributed by atoms with Gasteiger partial charge in [0.2, 0.25) is 15.8 Å². The Balaban J connectivity index is 1.44. The number of fused-ring (bicyclic) bond motifs is 1. The Kier molecular flexibility index (Phi) is 5.62. The summed E-state index contributed by atoms with van der Waals surface area (Å²) in [4.78, 5) is 12.8. The summed E-state index contributed by atoms with van der Waals surface area (Å²) >= 11 is 0. The number of aryl methyl sites for hydroxylation is 1. The first-order chi connectivity index (χ1) is 14.4. The maximum Gasteiger partial charge on any atom is 0.243 e. The maximum absolute atomic E-state index is 13.4. The molecule has 0 saturated carbocycles. The average molecular weight is 431 g/mol. The lowest BCUT2D eigenvalue weighted by Gasteiger charge is -2.25. The molecule has 0 radical (unpaired) electrons. The van der Waals surface area contributed by atoms with Crippen molar-refractivity contribution in [1.82, 2.24) is 4.31 Å².